The van der Waals surface area contributed by atoms with Gasteiger partial charge < -0.3 is 28.4 Å². The zero-order valence-corrected chi connectivity index (χ0v) is 23.7. The summed E-state index contributed by atoms with van der Waals surface area (Å²) in [6.07, 6.45) is 3.28. The lowest BCUT2D eigenvalue weighted by atomic mass is 9.87. The third kappa shape index (κ3) is 5.44. The summed E-state index contributed by atoms with van der Waals surface area (Å²) in [6.45, 7) is 4.85. The van der Waals surface area contributed by atoms with Gasteiger partial charge in [0.2, 0.25) is 5.82 Å². The van der Waals surface area contributed by atoms with Gasteiger partial charge in [0.05, 0.1) is 19.4 Å². The number of hydrogen-bond acceptors (Lipinski definition) is 11. The van der Waals surface area contributed by atoms with E-state index < -0.39 is 53.4 Å². The second kappa shape index (κ2) is 11.2. The van der Waals surface area contributed by atoms with Crippen LogP contribution in [0.3, 0.4) is 0 Å². The lowest BCUT2D eigenvalue weighted by Gasteiger charge is -2.54. The van der Waals surface area contributed by atoms with E-state index in [0.717, 1.165) is 37.8 Å². The number of tetrazole rings is 1. The van der Waals surface area contributed by atoms with E-state index in [-0.39, 0.29) is 30.7 Å². The smallest absolute Gasteiger partial charge is 0.200 e. The normalized spacial score (nSPS) is 32.3. The molecule has 0 saturated carbocycles. The molecular weight excluding hydrogens is 575 g/mol. The summed E-state index contributed by atoms with van der Waals surface area (Å²) in [5.41, 5.74) is 0.152. The van der Waals surface area contributed by atoms with Gasteiger partial charge in [0.25, 0.3) is 0 Å². The topological polar surface area (TPSA) is 130 Å². The number of aromatic nitrogens is 7. The predicted octanol–water partition coefficient (Wildman–Crippen LogP) is 3.23. The lowest BCUT2D eigenvalue weighted by Crippen LogP contribution is -2.67. The molecule has 4 saturated heterocycles. The maximum atomic E-state index is 14.1. The first kappa shape index (κ1) is 28.7. The predicted molar refractivity (Wildman–Crippen MR) is 137 cm³/mol. The summed E-state index contributed by atoms with van der Waals surface area (Å²) in [7, 11) is 0. The Bertz CT molecular complexity index is 1440. The van der Waals surface area contributed by atoms with Crippen molar-refractivity contribution in [2.75, 3.05) is 19.8 Å². The molecule has 6 atom stereocenters. The number of nitrogens with zero attached hydrogens (tertiary/aromatic N) is 7. The number of halogens is 3. The lowest BCUT2D eigenvalue weighted by molar-refractivity contribution is -0.404. The summed E-state index contributed by atoms with van der Waals surface area (Å²) in [4.78, 5) is 1.46. The molecule has 2 aromatic heterocycles. The highest BCUT2D eigenvalue weighted by atomic mass is 19.2. The van der Waals surface area contributed by atoms with Crippen LogP contribution in [0.25, 0.3) is 11.3 Å². The second-order valence-corrected chi connectivity index (χ2v) is 11.6. The summed E-state index contributed by atoms with van der Waals surface area (Å²) in [6, 6.07) is 1.05. The summed E-state index contributed by atoms with van der Waals surface area (Å²) in [5, 5.41) is 21.3. The van der Waals surface area contributed by atoms with Gasteiger partial charge in [-0.15, -0.1) is 20.1 Å². The molecule has 7 rings (SSSR count). The number of fused-ring (bicyclic) bond motifs is 1. The number of benzene rings is 1. The molecule has 0 bridgehead atoms. The van der Waals surface area contributed by atoms with E-state index in [1.807, 2.05) is 0 Å². The molecule has 43 heavy (non-hydrogen) atoms. The molecule has 16 heteroatoms. The average Bonchev–Trinajstić information content (AvgIpc) is 3.77. The van der Waals surface area contributed by atoms with Crippen molar-refractivity contribution in [2.45, 2.75) is 94.7 Å². The van der Waals surface area contributed by atoms with E-state index in [2.05, 4.69) is 25.7 Å². The summed E-state index contributed by atoms with van der Waals surface area (Å²) >= 11 is 0. The Labute approximate surface area is 244 Å². The van der Waals surface area contributed by atoms with E-state index in [1.54, 1.807) is 13.8 Å². The largest absolute Gasteiger partial charge is 0.362 e. The average molecular weight is 608 g/mol. The fourth-order valence-corrected chi connectivity index (χ4v) is 6.19. The summed E-state index contributed by atoms with van der Waals surface area (Å²) < 4.78 is 80.6. The van der Waals surface area contributed by atoms with Crippen molar-refractivity contribution in [2.24, 2.45) is 0 Å². The quantitative estimate of drug-likeness (QED) is 0.383. The van der Waals surface area contributed by atoms with Crippen molar-refractivity contribution in [3.63, 3.8) is 0 Å². The number of rotatable bonds is 6. The molecule has 0 N–H and O–H groups in total. The monoisotopic (exact) mass is 607 g/mol. The minimum Gasteiger partial charge on any atom is -0.362 e. The minimum atomic E-state index is -1.56. The van der Waals surface area contributed by atoms with Gasteiger partial charge in [0.1, 0.15) is 36.7 Å². The molecule has 0 aliphatic carbocycles. The third-order valence-electron chi connectivity index (χ3n) is 8.20. The molecule has 6 heterocycles. The zero-order chi connectivity index (χ0) is 29.8. The molecule has 3 aromatic rings. The standard InChI is InChI=1S/C27H32F3N7O6/c1-26(2)41-13-19-24(43-26)23(36-12-18(31-34-36)15-10-16(28)22(30)17(29)11-15)25(27(42-19)7-5-9-40-27)39-14-20-32-35-37(33-20)21-6-3-4-8-38-21/h10-12,19,21,23-25H,3-9,13-14H2,1-2H3/t19-,21?,23+,24+,25?,27+/m1/s1. The second-order valence-electron chi connectivity index (χ2n) is 11.6. The van der Waals surface area contributed by atoms with E-state index >= 15 is 0 Å². The molecule has 0 amide bonds. The van der Waals surface area contributed by atoms with Gasteiger partial charge >= 0.3 is 0 Å². The van der Waals surface area contributed by atoms with Crippen molar-refractivity contribution >= 4 is 0 Å². The van der Waals surface area contributed by atoms with Gasteiger partial charge in [-0.3, -0.25) is 0 Å². The number of hydrogen-bond donors (Lipinski definition) is 0. The molecular formula is C27H32F3N7O6. The van der Waals surface area contributed by atoms with Crippen LogP contribution in [0, 0.1) is 17.5 Å². The Morgan fingerprint density at radius 1 is 1.00 bits per heavy atom. The van der Waals surface area contributed by atoms with E-state index in [0.29, 0.717) is 25.5 Å². The van der Waals surface area contributed by atoms with Crippen LogP contribution >= 0.6 is 0 Å². The minimum absolute atomic E-state index is 0.0227. The van der Waals surface area contributed by atoms with Crippen LogP contribution in [0.1, 0.15) is 64.0 Å². The van der Waals surface area contributed by atoms with Gasteiger partial charge in [-0.25, -0.2) is 17.9 Å². The molecule has 232 valence electrons. The van der Waals surface area contributed by atoms with Crippen molar-refractivity contribution in [3.05, 3.63) is 41.6 Å². The Morgan fingerprint density at radius 2 is 1.84 bits per heavy atom. The first-order valence-corrected chi connectivity index (χ1v) is 14.4. The van der Waals surface area contributed by atoms with Crippen LogP contribution in [0.5, 0.6) is 0 Å². The van der Waals surface area contributed by atoms with Crippen LogP contribution in [-0.4, -0.2) is 84.9 Å². The third-order valence-corrected chi connectivity index (χ3v) is 8.20. The maximum absolute atomic E-state index is 14.1. The molecule has 0 radical (unpaired) electrons. The molecule has 4 aliphatic heterocycles. The fraction of sp³-hybridized carbons (Fsp3) is 0.667. The van der Waals surface area contributed by atoms with Crippen LogP contribution in [0.4, 0.5) is 13.2 Å². The first-order chi connectivity index (χ1) is 20.7. The summed E-state index contributed by atoms with van der Waals surface area (Å²) in [5.74, 6) is -6.01. The highest BCUT2D eigenvalue weighted by Gasteiger charge is 2.61. The van der Waals surface area contributed by atoms with E-state index in [9.17, 15) is 13.2 Å². The molecule has 1 spiro atoms. The van der Waals surface area contributed by atoms with Crippen molar-refractivity contribution < 1.29 is 41.6 Å². The van der Waals surface area contributed by atoms with Crippen LogP contribution in [0.2, 0.25) is 0 Å². The van der Waals surface area contributed by atoms with Gasteiger partial charge in [-0.1, -0.05) is 5.21 Å². The molecule has 13 nitrogen and oxygen atoms in total. The van der Waals surface area contributed by atoms with Crippen LogP contribution in [-0.2, 0) is 35.0 Å². The van der Waals surface area contributed by atoms with Gasteiger partial charge in [-0.05, 0) is 56.9 Å². The maximum Gasteiger partial charge on any atom is 0.200 e. The first-order valence-electron chi connectivity index (χ1n) is 14.4. The van der Waals surface area contributed by atoms with Gasteiger partial charge in [-0.2, -0.15) is 0 Å². The Balaban J connectivity index is 1.23. The van der Waals surface area contributed by atoms with Crippen molar-refractivity contribution in [1.29, 1.82) is 0 Å². The highest BCUT2D eigenvalue weighted by molar-refractivity contribution is 5.58. The van der Waals surface area contributed by atoms with Gasteiger partial charge in [0, 0.05) is 18.6 Å². The number of ether oxygens (including phenoxy) is 6. The van der Waals surface area contributed by atoms with E-state index in [1.165, 1.54) is 15.7 Å². The van der Waals surface area contributed by atoms with Gasteiger partial charge in [0.15, 0.2) is 35.3 Å². The Morgan fingerprint density at radius 3 is 2.58 bits per heavy atom. The molecule has 1 aromatic carbocycles. The SMILES string of the molecule is CC1(C)OC[C@H]2O[C@@]3(CCCO3)C(OCc3nnn(C4CCCCO4)n3)[C@@H](n3cc(-c4cc(F)c(F)c(F)c4)nn3)[C@H]2O1. The highest BCUT2D eigenvalue weighted by Crippen LogP contribution is 2.48. The fourth-order valence-electron chi connectivity index (χ4n) is 6.19. The van der Waals surface area contributed by atoms with Crippen molar-refractivity contribution in [1.82, 2.24) is 35.2 Å². The molecule has 4 fully saturated rings. The van der Waals surface area contributed by atoms with Crippen LogP contribution < -0.4 is 0 Å². The Kier molecular flexibility index (Phi) is 7.46. The van der Waals surface area contributed by atoms with E-state index in [4.69, 9.17) is 28.4 Å². The molecule has 4 aliphatic rings. The Hall–Kier alpha value is -3.02. The zero-order valence-electron chi connectivity index (χ0n) is 23.7. The molecule has 2 unspecified atom stereocenters. The van der Waals surface area contributed by atoms with Crippen molar-refractivity contribution in [3.8, 4) is 11.3 Å². The van der Waals surface area contributed by atoms with Crippen LogP contribution in [0.15, 0.2) is 18.3 Å².